The van der Waals surface area contributed by atoms with Gasteiger partial charge in [0.2, 0.25) is 0 Å². The van der Waals surface area contributed by atoms with E-state index in [2.05, 4.69) is 13.8 Å². The van der Waals surface area contributed by atoms with Crippen LogP contribution in [-0.4, -0.2) is 0 Å². The van der Waals surface area contributed by atoms with Crippen LogP contribution in [0.3, 0.4) is 0 Å². The van der Waals surface area contributed by atoms with Gasteiger partial charge in [0, 0.05) is 0 Å². The van der Waals surface area contributed by atoms with Crippen LogP contribution in [0, 0.1) is 35.5 Å². The van der Waals surface area contributed by atoms with Crippen LogP contribution >= 0.6 is 0 Å². The zero-order chi connectivity index (χ0) is 10.4. The van der Waals surface area contributed by atoms with Crippen LogP contribution in [0.5, 0.6) is 0 Å². The Bertz CT molecular complexity index is 232. The van der Waals surface area contributed by atoms with Gasteiger partial charge in [0.25, 0.3) is 0 Å². The summed E-state index contributed by atoms with van der Waals surface area (Å²) >= 11 is 0. The molecule has 0 heterocycles. The van der Waals surface area contributed by atoms with E-state index in [9.17, 15) is 0 Å². The maximum Gasteiger partial charge on any atom is -0.0352 e. The molecule has 0 heteroatoms. The number of hydrogen-bond acceptors (Lipinski definition) is 0. The summed E-state index contributed by atoms with van der Waals surface area (Å²) in [7, 11) is 0. The molecule has 3 fully saturated rings. The second kappa shape index (κ2) is 3.79. The fraction of sp³-hybridized carbons (Fsp3) is 1.00. The minimum atomic E-state index is 0.981. The molecule has 3 aliphatic rings. The van der Waals surface area contributed by atoms with Crippen molar-refractivity contribution in [3.05, 3.63) is 0 Å². The van der Waals surface area contributed by atoms with E-state index in [0.717, 1.165) is 23.7 Å². The number of fused-ring (bicyclic) bond motifs is 5. The van der Waals surface area contributed by atoms with Crippen LogP contribution in [-0.2, 0) is 0 Å². The van der Waals surface area contributed by atoms with E-state index in [1.165, 1.54) is 18.3 Å². The van der Waals surface area contributed by atoms with E-state index in [-0.39, 0.29) is 0 Å². The van der Waals surface area contributed by atoms with Gasteiger partial charge in [0.15, 0.2) is 0 Å². The molecule has 0 aromatic heterocycles. The van der Waals surface area contributed by atoms with Gasteiger partial charge < -0.3 is 0 Å². The Labute approximate surface area is 94.8 Å². The Kier molecular flexibility index (Phi) is 2.57. The Morgan fingerprint density at radius 3 is 2.67 bits per heavy atom. The van der Waals surface area contributed by atoms with E-state index in [1.54, 1.807) is 38.5 Å². The second-order valence-corrected chi connectivity index (χ2v) is 6.66. The fourth-order valence-corrected chi connectivity index (χ4v) is 5.16. The van der Waals surface area contributed by atoms with Gasteiger partial charge in [-0.15, -0.1) is 0 Å². The van der Waals surface area contributed by atoms with Crippen LogP contribution in [0.25, 0.3) is 0 Å². The molecule has 6 atom stereocenters. The van der Waals surface area contributed by atoms with Gasteiger partial charge in [-0.1, -0.05) is 26.7 Å². The van der Waals surface area contributed by atoms with Crippen LogP contribution < -0.4 is 0 Å². The van der Waals surface area contributed by atoms with Crippen molar-refractivity contribution in [1.29, 1.82) is 0 Å². The standard InChI is InChI=1S/C15H26/c1-3-10(2)7-11-8-12-9-15(11)14-6-4-5-13(12)14/h10-15H,3-9H2,1-2H3. The van der Waals surface area contributed by atoms with Crippen molar-refractivity contribution in [2.24, 2.45) is 35.5 Å². The molecule has 15 heavy (non-hydrogen) atoms. The average molecular weight is 206 g/mol. The molecule has 3 saturated carbocycles. The highest BCUT2D eigenvalue weighted by Crippen LogP contribution is 2.62. The Hall–Kier alpha value is 0. The lowest BCUT2D eigenvalue weighted by Crippen LogP contribution is -2.25. The van der Waals surface area contributed by atoms with Gasteiger partial charge in [0.05, 0.1) is 0 Å². The number of hydrogen-bond donors (Lipinski definition) is 0. The maximum absolute atomic E-state index is 2.46. The molecule has 0 radical (unpaired) electrons. The molecule has 0 aromatic rings. The molecule has 86 valence electrons. The largest absolute Gasteiger partial charge is 0.0651 e. The van der Waals surface area contributed by atoms with Gasteiger partial charge in [-0.05, 0) is 67.6 Å². The first-order valence-corrected chi connectivity index (χ1v) is 7.29. The normalized spacial score (nSPS) is 49.6. The third kappa shape index (κ3) is 1.56. The van der Waals surface area contributed by atoms with E-state index in [0.29, 0.717) is 0 Å². The molecule has 6 unspecified atom stereocenters. The summed E-state index contributed by atoms with van der Waals surface area (Å²) in [6.07, 6.45) is 10.9. The summed E-state index contributed by atoms with van der Waals surface area (Å²) in [6, 6.07) is 0. The summed E-state index contributed by atoms with van der Waals surface area (Å²) < 4.78 is 0. The third-order valence-corrected chi connectivity index (χ3v) is 5.97. The van der Waals surface area contributed by atoms with Crippen molar-refractivity contribution in [1.82, 2.24) is 0 Å². The first-order valence-electron chi connectivity index (χ1n) is 7.29. The summed E-state index contributed by atoms with van der Waals surface area (Å²) in [5.41, 5.74) is 0. The van der Waals surface area contributed by atoms with Crippen molar-refractivity contribution in [2.75, 3.05) is 0 Å². The number of rotatable bonds is 3. The molecule has 0 aromatic carbocycles. The highest BCUT2D eigenvalue weighted by Gasteiger charge is 2.53. The molecule has 3 aliphatic carbocycles. The summed E-state index contributed by atoms with van der Waals surface area (Å²) in [4.78, 5) is 0. The van der Waals surface area contributed by atoms with Crippen molar-refractivity contribution >= 4 is 0 Å². The first kappa shape index (κ1) is 10.2. The summed E-state index contributed by atoms with van der Waals surface area (Å²) in [5, 5.41) is 0. The molecular formula is C15H26. The van der Waals surface area contributed by atoms with Crippen LogP contribution in [0.4, 0.5) is 0 Å². The lowest BCUT2D eigenvalue weighted by molar-refractivity contribution is 0.166. The zero-order valence-electron chi connectivity index (χ0n) is 10.4. The van der Waals surface area contributed by atoms with Gasteiger partial charge in [-0.2, -0.15) is 0 Å². The summed E-state index contributed by atoms with van der Waals surface area (Å²) in [5.74, 6) is 6.80. The molecule has 2 bridgehead atoms. The van der Waals surface area contributed by atoms with Gasteiger partial charge in [-0.3, -0.25) is 0 Å². The SMILES string of the molecule is CCC(C)CC1CC2CC1C1CCCC21. The fourth-order valence-electron chi connectivity index (χ4n) is 5.16. The van der Waals surface area contributed by atoms with Crippen LogP contribution in [0.15, 0.2) is 0 Å². The summed E-state index contributed by atoms with van der Waals surface area (Å²) in [6.45, 7) is 4.81. The smallest absolute Gasteiger partial charge is 0.0352 e. The molecule has 0 amide bonds. The highest BCUT2D eigenvalue weighted by molar-refractivity contribution is 5.02. The molecule has 0 N–H and O–H groups in total. The quantitative estimate of drug-likeness (QED) is 0.638. The average Bonchev–Trinajstić information content (AvgIpc) is 2.87. The Morgan fingerprint density at radius 2 is 1.87 bits per heavy atom. The predicted molar refractivity (Wildman–Crippen MR) is 64.6 cm³/mol. The van der Waals surface area contributed by atoms with Crippen molar-refractivity contribution in [3.63, 3.8) is 0 Å². The van der Waals surface area contributed by atoms with Crippen LogP contribution in [0.1, 0.15) is 58.8 Å². The molecule has 0 aliphatic heterocycles. The van der Waals surface area contributed by atoms with Crippen molar-refractivity contribution < 1.29 is 0 Å². The Balaban J connectivity index is 1.65. The monoisotopic (exact) mass is 206 g/mol. The van der Waals surface area contributed by atoms with Crippen LogP contribution in [0.2, 0.25) is 0 Å². The second-order valence-electron chi connectivity index (χ2n) is 6.66. The zero-order valence-corrected chi connectivity index (χ0v) is 10.4. The van der Waals surface area contributed by atoms with Gasteiger partial charge >= 0.3 is 0 Å². The molecular weight excluding hydrogens is 180 g/mol. The predicted octanol–water partition coefficient (Wildman–Crippen LogP) is 4.49. The molecule has 0 saturated heterocycles. The van der Waals surface area contributed by atoms with E-state index in [4.69, 9.17) is 0 Å². The van der Waals surface area contributed by atoms with E-state index >= 15 is 0 Å². The first-order chi connectivity index (χ1) is 7.29. The lowest BCUT2D eigenvalue weighted by Gasteiger charge is -2.32. The van der Waals surface area contributed by atoms with E-state index < -0.39 is 0 Å². The maximum atomic E-state index is 2.46. The van der Waals surface area contributed by atoms with Crippen molar-refractivity contribution in [3.8, 4) is 0 Å². The molecule has 0 spiro atoms. The van der Waals surface area contributed by atoms with Crippen molar-refractivity contribution in [2.45, 2.75) is 58.8 Å². The minimum absolute atomic E-state index is 0.981. The molecule has 3 rings (SSSR count). The third-order valence-electron chi connectivity index (χ3n) is 5.97. The van der Waals surface area contributed by atoms with E-state index in [1.807, 2.05) is 0 Å². The Morgan fingerprint density at radius 1 is 1.07 bits per heavy atom. The highest BCUT2D eigenvalue weighted by atomic mass is 14.6. The topological polar surface area (TPSA) is 0 Å². The molecule has 0 nitrogen and oxygen atoms in total. The minimum Gasteiger partial charge on any atom is -0.0651 e. The lowest BCUT2D eigenvalue weighted by atomic mass is 9.73. The van der Waals surface area contributed by atoms with Gasteiger partial charge in [-0.25, -0.2) is 0 Å². The van der Waals surface area contributed by atoms with Gasteiger partial charge in [0.1, 0.15) is 0 Å².